The monoisotopic (exact) mass is 338 g/mol. The van der Waals surface area contributed by atoms with Gasteiger partial charge in [-0.05, 0) is 51.5 Å². The van der Waals surface area contributed by atoms with Gasteiger partial charge in [0, 0.05) is 0 Å². The van der Waals surface area contributed by atoms with Crippen LogP contribution in [0.15, 0.2) is 45.2 Å². The van der Waals surface area contributed by atoms with E-state index in [-0.39, 0.29) is 11.1 Å². The molecule has 0 saturated carbocycles. The quantitative estimate of drug-likeness (QED) is 0.677. The Labute approximate surface area is 123 Å². The molecule has 0 spiro atoms. The van der Waals surface area contributed by atoms with Gasteiger partial charge in [-0.3, -0.25) is 4.79 Å². The zero-order chi connectivity index (χ0) is 13.8. The van der Waals surface area contributed by atoms with Crippen molar-refractivity contribution in [2.24, 2.45) is 10.7 Å². The summed E-state index contributed by atoms with van der Waals surface area (Å²) in [5, 5.41) is 0.279. The largest absolute Gasteiger partial charge is 0.488 e. The highest BCUT2D eigenvalue weighted by molar-refractivity contribution is 9.10. The normalized spacial score (nSPS) is 16.6. The number of rotatable bonds is 4. The smallest absolute Gasteiger partial charge is 0.286 e. The summed E-state index contributed by atoms with van der Waals surface area (Å²) in [5.74, 6) is 0.425. The molecular weight excluding hydrogens is 328 g/mol. The van der Waals surface area contributed by atoms with E-state index in [4.69, 9.17) is 10.5 Å². The van der Waals surface area contributed by atoms with Gasteiger partial charge >= 0.3 is 0 Å². The number of halogens is 1. The number of hydrogen-bond donors (Lipinski definition) is 1. The van der Waals surface area contributed by atoms with Crippen LogP contribution in [-0.4, -0.2) is 17.7 Å². The van der Waals surface area contributed by atoms with E-state index in [1.54, 1.807) is 12.2 Å². The fourth-order valence-electron chi connectivity index (χ4n) is 1.45. The van der Waals surface area contributed by atoms with E-state index in [1.807, 2.05) is 18.2 Å². The third-order valence-corrected chi connectivity index (χ3v) is 3.68. The predicted molar refractivity (Wildman–Crippen MR) is 82.0 cm³/mol. The van der Waals surface area contributed by atoms with Crippen molar-refractivity contribution in [2.45, 2.75) is 0 Å². The van der Waals surface area contributed by atoms with Gasteiger partial charge in [0.2, 0.25) is 0 Å². The van der Waals surface area contributed by atoms with Crippen molar-refractivity contribution in [3.8, 4) is 5.75 Å². The van der Waals surface area contributed by atoms with Crippen molar-refractivity contribution in [3.63, 3.8) is 0 Å². The minimum atomic E-state index is -0.300. The lowest BCUT2D eigenvalue weighted by atomic mass is 10.2. The van der Waals surface area contributed by atoms with Crippen LogP contribution in [0.4, 0.5) is 0 Å². The topological polar surface area (TPSA) is 64.7 Å². The van der Waals surface area contributed by atoms with E-state index in [9.17, 15) is 4.79 Å². The molecule has 4 nitrogen and oxygen atoms in total. The summed E-state index contributed by atoms with van der Waals surface area (Å²) in [7, 11) is 0. The molecule has 1 aliphatic rings. The molecule has 1 heterocycles. The van der Waals surface area contributed by atoms with Crippen LogP contribution >= 0.6 is 27.7 Å². The first-order valence-electron chi connectivity index (χ1n) is 5.41. The number of carbonyl (C=O) groups is 1. The average Bonchev–Trinajstić information content (AvgIpc) is 2.67. The molecule has 1 aromatic carbocycles. The van der Waals surface area contributed by atoms with Crippen LogP contribution in [0.1, 0.15) is 5.56 Å². The summed E-state index contributed by atoms with van der Waals surface area (Å²) in [4.78, 5) is 15.6. The highest BCUT2D eigenvalue weighted by Gasteiger charge is 2.19. The van der Waals surface area contributed by atoms with Crippen molar-refractivity contribution in [2.75, 3.05) is 6.61 Å². The Morgan fingerprint density at radius 2 is 2.32 bits per heavy atom. The molecule has 0 bridgehead atoms. The molecule has 0 aliphatic carbocycles. The second-order valence-corrected chi connectivity index (χ2v) is 5.57. The van der Waals surface area contributed by atoms with Gasteiger partial charge in [-0.1, -0.05) is 18.7 Å². The van der Waals surface area contributed by atoms with Gasteiger partial charge in [-0.25, -0.2) is 0 Å². The van der Waals surface area contributed by atoms with Crippen LogP contribution in [0.25, 0.3) is 6.08 Å². The number of amides is 1. The van der Waals surface area contributed by atoms with Crippen LogP contribution in [0.5, 0.6) is 5.75 Å². The third-order valence-electron chi connectivity index (χ3n) is 2.25. The molecule has 0 atom stereocenters. The Bertz CT molecular complexity index is 596. The van der Waals surface area contributed by atoms with Crippen molar-refractivity contribution < 1.29 is 9.53 Å². The van der Waals surface area contributed by atoms with Gasteiger partial charge in [0.15, 0.2) is 5.17 Å². The standard InChI is InChI=1S/C13H11BrN2O2S/c1-2-5-18-10-4-3-8(6-9(10)14)7-11-12(17)16-13(15)19-11/h2-4,6-7H,1,5H2,(H2,15,16,17). The zero-order valence-electron chi connectivity index (χ0n) is 9.93. The van der Waals surface area contributed by atoms with E-state index in [0.717, 1.165) is 15.8 Å². The fraction of sp³-hybridized carbons (Fsp3) is 0.0769. The molecule has 1 aliphatic heterocycles. The molecule has 1 aromatic rings. The molecule has 0 unspecified atom stereocenters. The summed E-state index contributed by atoms with van der Waals surface area (Å²) < 4.78 is 6.26. The number of nitrogens with two attached hydrogens (primary N) is 1. The van der Waals surface area contributed by atoms with Crippen molar-refractivity contribution in [1.82, 2.24) is 0 Å². The Hall–Kier alpha value is -1.53. The molecule has 1 amide bonds. The maximum atomic E-state index is 11.5. The Morgan fingerprint density at radius 3 is 2.89 bits per heavy atom. The van der Waals surface area contributed by atoms with Crippen LogP contribution in [0.3, 0.4) is 0 Å². The fourth-order valence-corrected chi connectivity index (χ4v) is 2.64. The summed E-state index contributed by atoms with van der Waals surface area (Å²) in [6.45, 7) is 4.03. The van der Waals surface area contributed by atoms with E-state index < -0.39 is 0 Å². The second kappa shape index (κ2) is 6.08. The van der Waals surface area contributed by atoms with Gasteiger partial charge < -0.3 is 10.5 Å². The van der Waals surface area contributed by atoms with Crippen LogP contribution < -0.4 is 10.5 Å². The molecule has 0 aromatic heterocycles. The lowest BCUT2D eigenvalue weighted by Gasteiger charge is -2.06. The molecule has 0 saturated heterocycles. The minimum absolute atomic E-state index is 0.279. The van der Waals surface area contributed by atoms with Crippen molar-refractivity contribution in [1.29, 1.82) is 0 Å². The van der Waals surface area contributed by atoms with Gasteiger partial charge in [0.25, 0.3) is 5.91 Å². The number of hydrogen-bond acceptors (Lipinski definition) is 4. The maximum absolute atomic E-state index is 11.5. The first-order valence-corrected chi connectivity index (χ1v) is 7.02. The Kier molecular flexibility index (Phi) is 4.44. The number of carbonyl (C=O) groups excluding carboxylic acids is 1. The highest BCUT2D eigenvalue weighted by atomic mass is 79.9. The Balaban J connectivity index is 2.19. The van der Waals surface area contributed by atoms with Gasteiger partial charge in [0.1, 0.15) is 12.4 Å². The highest BCUT2D eigenvalue weighted by Crippen LogP contribution is 2.30. The van der Waals surface area contributed by atoms with Crippen molar-refractivity contribution >= 4 is 44.8 Å². The summed E-state index contributed by atoms with van der Waals surface area (Å²) >= 11 is 4.59. The first kappa shape index (κ1) is 13.9. The molecule has 2 rings (SSSR count). The van der Waals surface area contributed by atoms with Crippen LogP contribution in [-0.2, 0) is 4.79 Å². The maximum Gasteiger partial charge on any atom is 0.286 e. The predicted octanol–water partition coefficient (Wildman–Crippen LogP) is 2.94. The molecule has 2 N–H and O–H groups in total. The van der Waals surface area contributed by atoms with Crippen LogP contribution in [0, 0.1) is 0 Å². The summed E-state index contributed by atoms with van der Waals surface area (Å²) in [6.07, 6.45) is 3.43. The number of ether oxygens (including phenoxy) is 1. The number of amidine groups is 1. The van der Waals surface area contributed by atoms with E-state index >= 15 is 0 Å². The van der Waals surface area contributed by atoms with Crippen LogP contribution in [0.2, 0.25) is 0 Å². The molecule has 19 heavy (non-hydrogen) atoms. The minimum Gasteiger partial charge on any atom is -0.488 e. The SMILES string of the molecule is C=CCOc1ccc(C=C2SC(N)=NC2=O)cc1Br. The molecule has 6 heteroatoms. The van der Waals surface area contributed by atoms with E-state index in [0.29, 0.717) is 11.5 Å². The molecule has 0 radical (unpaired) electrons. The first-order chi connectivity index (χ1) is 9.10. The molecule has 98 valence electrons. The lowest BCUT2D eigenvalue weighted by molar-refractivity contribution is -0.113. The van der Waals surface area contributed by atoms with Crippen molar-refractivity contribution in [3.05, 3.63) is 45.8 Å². The number of nitrogens with zero attached hydrogens (tertiary/aromatic N) is 1. The molecular formula is C13H11BrN2O2S. The summed E-state index contributed by atoms with van der Waals surface area (Å²) in [5.41, 5.74) is 6.36. The zero-order valence-corrected chi connectivity index (χ0v) is 12.3. The number of aliphatic imine (C=N–C) groups is 1. The average molecular weight is 339 g/mol. The number of benzene rings is 1. The lowest BCUT2D eigenvalue weighted by Crippen LogP contribution is -2.01. The van der Waals surface area contributed by atoms with E-state index in [1.165, 1.54) is 11.8 Å². The molecule has 0 fully saturated rings. The van der Waals surface area contributed by atoms with Gasteiger partial charge in [-0.15, -0.1) is 0 Å². The summed E-state index contributed by atoms with van der Waals surface area (Å²) in [6, 6.07) is 5.56. The second-order valence-electron chi connectivity index (χ2n) is 3.66. The van der Waals surface area contributed by atoms with E-state index in [2.05, 4.69) is 27.5 Å². The number of thioether (sulfide) groups is 1. The Morgan fingerprint density at radius 1 is 1.53 bits per heavy atom. The van der Waals surface area contributed by atoms with Gasteiger partial charge in [-0.2, -0.15) is 4.99 Å². The van der Waals surface area contributed by atoms with Gasteiger partial charge in [0.05, 0.1) is 9.38 Å². The third kappa shape index (κ3) is 3.48.